The molecular formula is C27H28BrN3O4S. The number of carbonyl (C=O) groups is 2. The summed E-state index contributed by atoms with van der Waals surface area (Å²) in [6.45, 7) is 1.62. The van der Waals surface area contributed by atoms with Crippen LogP contribution in [0, 0.1) is 0 Å². The van der Waals surface area contributed by atoms with E-state index in [2.05, 4.69) is 44.0 Å². The van der Waals surface area contributed by atoms with Gasteiger partial charge in [-0.1, -0.05) is 36.4 Å². The third-order valence-corrected chi connectivity index (χ3v) is 5.93. The summed E-state index contributed by atoms with van der Waals surface area (Å²) in [5.74, 6) is 0.0946. The molecule has 9 heteroatoms. The lowest BCUT2D eigenvalue weighted by molar-refractivity contribution is 0.0946. The van der Waals surface area contributed by atoms with Crippen molar-refractivity contribution in [1.29, 1.82) is 0 Å². The Labute approximate surface area is 224 Å². The van der Waals surface area contributed by atoms with Crippen molar-refractivity contribution in [3.8, 4) is 5.75 Å². The summed E-state index contributed by atoms with van der Waals surface area (Å²) in [7, 11) is 1.62. The van der Waals surface area contributed by atoms with Gasteiger partial charge in [0, 0.05) is 43.5 Å². The molecule has 0 unspecified atom stereocenters. The van der Waals surface area contributed by atoms with E-state index >= 15 is 0 Å². The van der Waals surface area contributed by atoms with Crippen molar-refractivity contribution in [1.82, 2.24) is 10.6 Å². The lowest BCUT2D eigenvalue weighted by Gasteiger charge is -2.12. The van der Waals surface area contributed by atoms with Crippen molar-refractivity contribution in [2.24, 2.45) is 0 Å². The first kappa shape index (κ1) is 27.3. The van der Waals surface area contributed by atoms with Crippen molar-refractivity contribution in [3.63, 3.8) is 0 Å². The standard InChI is InChI=1S/C27H28BrN3O4S/c1-34-15-6-14-29-25(32)20-9-5-10-22(17-20)30-27(36)31-26(33)21-11-12-24(23(28)18-21)35-16-13-19-7-3-2-4-8-19/h2-5,7-12,17-18H,6,13-16H2,1H3,(H,29,32)(H2,30,31,33,36). The summed E-state index contributed by atoms with van der Waals surface area (Å²) >= 11 is 8.76. The quantitative estimate of drug-likeness (QED) is 0.223. The minimum atomic E-state index is -0.365. The van der Waals surface area contributed by atoms with Crippen LogP contribution >= 0.6 is 28.1 Å². The van der Waals surface area contributed by atoms with Gasteiger partial charge in [-0.25, -0.2) is 0 Å². The fraction of sp³-hybridized carbons (Fsp3) is 0.222. The average molecular weight is 571 g/mol. The van der Waals surface area contributed by atoms with Crippen LogP contribution in [-0.2, 0) is 11.2 Å². The Morgan fingerprint density at radius 1 is 0.917 bits per heavy atom. The number of thiocarbonyl (C=S) groups is 1. The molecule has 0 radical (unpaired) electrons. The Morgan fingerprint density at radius 3 is 2.44 bits per heavy atom. The van der Waals surface area contributed by atoms with Crippen molar-refractivity contribution in [2.45, 2.75) is 12.8 Å². The van der Waals surface area contributed by atoms with Crippen molar-refractivity contribution >= 4 is 50.8 Å². The molecule has 3 aromatic rings. The van der Waals surface area contributed by atoms with E-state index in [1.54, 1.807) is 49.6 Å². The van der Waals surface area contributed by atoms with Crippen LogP contribution in [0.3, 0.4) is 0 Å². The number of nitrogens with one attached hydrogen (secondary N) is 3. The molecule has 36 heavy (non-hydrogen) atoms. The highest BCUT2D eigenvalue weighted by atomic mass is 79.9. The average Bonchev–Trinajstić information content (AvgIpc) is 2.88. The highest BCUT2D eigenvalue weighted by Crippen LogP contribution is 2.26. The normalized spacial score (nSPS) is 10.4. The number of rotatable bonds is 11. The number of halogens is 1. The molecule has 3 aromatic carbocycles. The molecule has 0 aliphatic heterocycles. The monoisotopic (exact) mass is 569 g/mol. The summed E-state index contributed by atoms with van der Waals surface area (Å²) in [4.78, 5) is 25.0. The number of ether oxygens (including phenoxy) is 2. The second-order valence-corrected chi connectivity index (χ2v) is 9.08. The third-order valence-electron chi connectivity index (χ3n) is 5.11. The summed E-state index contributed by atoms with van der Waals surface area (Å²) in [5, 5.41) is 8.56. The molecule has 0 aromatic heterocycles. The summed E-state index contributed by atoms with van der Waals surface area (Å²) in [6, 6.07) is 22.1. The second-order valence-electron chi connectivity index (χ2n) is 7.82. The molecule has 3 rings (SSSR count). The van der Waals surface area contributed by atoms with Gasteiger partial charge in [-0.05, 0) is 76.5 Å². The van der Waals surface area contributed by atoms with Crippen LogP contribution in [0.2, 0.25) is 0 Å². The van der Waals surface area contributed by atoms with E-state index in [1.807, 2.05) is 18.2 Å². The van der Waals surface area contributed by atoms with E-state index in [9.17, 15) is 9.59 Å². The van der Waals surface area contributed by atoms with Gasteiger partial charge in [0.25, 0.3) is 11.8 Å². The molecule has 0 spiro atoms. The molecule has 0 aliphatic rings. The van der Waals surface area contributed by atoms with Gasteiger partial charge in [0.05, 0.1) is 11.1 Å². The van der Waals surface area contributed by atoms with Gasteiger partial charge in [-0.3, -0.25) is 14.9 Å². The topological polar surface area (TPSA) is 88.7 Å². The first-order valence-corrected chi connectivity index (χ1v) is 12.6. The summed E-state index contributed by atoms with van der Waals surface area (Å²) in [5.41, 5.74) is 2.69. The fourth-order valence-electron chi connectivity index (χ4n) is 3.28. The van der Waals surface area contributed by atoms with E-state index in [0.29, 0.717) is 46.8 Å². The molecule has 0 atom stereocenters. The molecule has 0 heterocycles. The van der Waals surface area contributed by atoms with Gasteiger partial charge in [0.15, 0.2) is 5.11 Å². The lowest BCUT2D eigenvalue weighted by Crippen LogP contribution is -2.34. The Kier molecular flexibility index (Phi) is 10.9. The van der Waals surface area contributed by atoms with Crippen molar-refractivity contribution in [3.05, 3.63) is 94.0 Å². The molecule has 0 saturated heterocycles. The summed E-state index contributed by atoms with van der Waals surface area (Å²) < 4.78 is 11.5. The largest absolute Gasteiger partial charge is 0.492 e. The highest BCUT2D eigenvalue weighted by Gasteiger charge is 2.12. The van der Waals surface area contributed by atoms with Crippen LogP contribution in [-0.4, -0.2) is 43.8 Å². The fourth-order valence-corrected chi connectivity index (χ4v) is 3.98. The number of hydrogen-bond acceptors (Lipinski definition) is 5. The first-order chi connectivity index (χ1) is 17.5. The third kappa shape index (κ3) is 8.75. The molecule has 0 bridgehead atoms. The van der Waals surface area contributed by atoms with Crippen molar-refractivity contribution < 1.29 is 19.1 Å². The number of hydrogen-bond donors (Lipinski definition) is 3. The van der Waals surface area contributed by atoms with E-state index < -0.39 is 0 Å². The molecular weight excluding hydrogens is 542 g/mol. The highest BCUT2D eigenvalue weighted by molar-refractivity contribution is 9.10. The first-order valence-electron chi connectivity index (χ1n) is 11.4. The van der Waals surface area contributed by atoms with Crippen LogP contribution in [0.4, 0.5) is 5.69 Å². The minimum Gasteiger partial charge on any atom is -0.492 e. The second kappa shape index (κ2) is 14.3. The number of amides is 2. The zero-order valence-corrected chi connectivity index (χ0v) is 22.3. The van der Waals surface area contributed by atoms with Crippen LogP contribution < -0.4 is 20.7 Å². The number of benzene rings is 3. The predicted octanol–water partition coefficient (Wildman–Crippen LogP) is 4.96. The number of carbonyl (C=O) groups excluding carboxylic acids is 2. The van der Waals surface area contributed by atoms with Crippen LogP contribution in [0.15, 0.2) is 77.3 Å². The molecule has 3 N–H and O–H groups in total. The molecule has 0 aliphatic carbocycles. The molecule has 188 valence electrons. The van der Waals surface area contributed by atoms with Crippen LogP contribution in [0.5, 0.6) is 5.75 Å². The van der Waals surface area contributed by atoms with E-state index in [0.717, 1.165) is 12.8 Å². The van der Waals surface area contributed by atoms with Gasteiger partial charge >= 0.3 is 0 Å². The van der Waals surface area contributed by atoms with Gasteiger partial charge in [-0.15, -0.1) is 0 Å². The lowest BCUT2D eigenvalue weighted by atomic mass is 10.2. The van der Waals surface area contributed by atoms with Gasteiger partial charge in [0.2, 0.25) is 0 Å². The molecule has 0 fully saturated rings. The zero-order valence-electron chi connectivity index (χ0n) is 19.9. The van der Waals surface area contributed by atoms with E-state index in [4.69, 9.17) is 21.7 Å². The maximum Gasteiger partial charge on any atom is 0.257 e. The van der Waals surface area contributed by atoms with Crippen molar-refractivity contribution in [2.75, 3.05) is 32.2 Å². The Balaban J connectivity index is 1.50. The van der Waals surface area contributed by atoms with Gasteiger partial charge in [0.1, 0.15) is 5.75 Å². The Morgan fingerprint density at radius 2 is 1.69 bits per heavy atom. The Hall–Kier alpha value is -3.27. The number of anilines is 1. The van der Waals surface area contributed by atoms with Gasteiger partial charge < -0.3 is 20.1 Å². The van der Waals surface area contributed by atoms with E-state index in [1.165, 1.54) is 5.56 Å². The maximum absolute atomic E-state index is 12.7. The maximum atomic E-state index is 12.7. The predicted molar refractivity (Wildman–Crippen MR) is 149 cm³/mol. The SMILES string of the molecule is COCCCNC(=O)c1cccc(NC(=S)NC(=O)c2ccc(OCCc3ccccc3)c(Br)c2)c1. The number of methoxy groups -OCH3 is 1. The molecule has 2 amide bonds. The van der Waals surface area contributed by atoms with Crippen LogP contribution in [0.1, 0.15) is 32.7 Å². The van der Waals surface area contributed by atoms with Crippen LogP contribution in [0.25, 0.3) is 0 Å². The van der Waals surface area contributed by atoms with E-state index in [-0.39, 0.29) is 16.9 Å². The summed E-state index contributed by atoms with van der Waals surface area (Å²) in [6.07, 6.45) is 1.51. The smallest absolute Gasteiger partial charge is 0.257 e. The molecule has 0 saturated carbocycles. The van der Waals surface area contributed by atoms with Gasteiger partial charge in [-0.2, -0.15) is 0 Å². The Bertz CT molecular complexity index is 1190. The molecule has 7 nitrogen and oxygen atoms in total. The zero-order chi connectivity index (χ0) is 25.8. The minimum absolute atomic E-state index is 0.122.